The first-order chi connectivity index (χ1) is 29.8. The average Bonchev–Trinajstić information content (AvgIpc) is 3.72. The van der Waals surface area contributed by atoms with Crippen molar-refractivity contribution < 1.29 is 19.1 Å². The standard InChI is InChI=1S/C26H39N3O2S.C23H33N3O2S/c1-20(2)19-31-23-8-7-9-24-22(23)18-25(32-24)26(30)27-21-10-14-29(15-11-21)17-16-28-12-5-3-4-6-13-28;1-28-20-7-6-8-21-19(20)17-22(29-21)23(27)24-18-9-13-26(14-10-18)16-15-25-11-4-2-3-5-12-25/h7-9,18,20-21H,3-6,10-17,19H2,1-2H3,(H,27,30);6-8,17-18H,2-5,9-16H2,1H3,(H,24,27). The van der Waals surface area contributed by atoms with E-state index in [1.165, 1.54) is 90.6 Å². The second-order valence-electron chi connectivity index (χ2n) is 18.2. The van der Waals surface area contributed by atoms with Crippen molar-refractivity contribution in [2.75, 3.05) is 92.3 Å². The smallest absolute Gasteiger partial charge is 0.261 e. The molecule has 4 fully saturated rings. The molecule has 6 heterocycles. The first-order valence-corrected chi connectivity index (χ1v) is 25.2. The summed E-state index contributed by atoms with van der Waals surface area (Å²) in [6.07, 6.45) is 15.2. The summed E-state index contributed by atoms with van der Waals surface area (Å²) >= 11 is 3.10. The molecule has 0 unspecified atom stereocenters. The van der Waals surface area contributed by atoms with Crippen LogP contribution in [0, 0.1) is 5.92 Å². The predicted octanol–water partition coefficient (Wildman–Crippen LogP) is 8.99. The van der Waals surface area contributed by atoms with Crippen LogP contribution in [0.25, 0.3) is 20.2 Å². The Morgan fingerprint density at radius 3 is 1.39 bits per heavy atom. The molecular weight excluding hydrogens is 801 g/mol. The molecule has 10 nitrogen and oxygen atoms in total. The minimum Gasteiger partial charge on any atom is -0.496 e. The van der Waals surface area contributed by atoms with Gasteiger partial charge in [-0.15, -0.1) is 22.7 Å². The zero-order chi connectivity index (χ0) is 42.4. The monoisotopic (exact) mass is 873 g/mol. The summed E-state index contributed by atoms with van der Waals surface area (Å²) in [5.74, 6) is 2.29. The molecule has 61 heavy (non-hydrogen) atoms. The van der Waals surface area contributed by atoms with Crippen LogP contribution < -0.4 is 20.1 Å². The molecule has 0 spiro atoms. The third-order valence-corrected chi connectivity index (χ3v) is 15.2. The van der Waals surface area contributed by atoms with E-state index in [2.05, 4.69) is 50.1 Å². The number of benzene rings is 2. The number of piperidine rings is 2. The number of nitrogens with zero attached hydrogens (tertiary/aromatic N) is 4. The Labute approximate surface area is 373 Å². The van der Waals surface area contributed by atoms with E-state index in [9.17, 15) is 9.59 Å². The fraction of sp³-hybridized carbons (Fsp3) is 0.633. The molecule has 0 aliphatic carbocycles. The van der Waals surface area contributed by atoms with Crippen LogP contribution in [0.4, 0.5) is 0 Å². The van der Waals surface area contributed by atoms with Crippen LogP contribution in [-0.4, -0.2) is 136 Å². The number of hydrogen-bond donors (Lipinski definition) is 2. The molecule has 4 saturated heterocycles. The van der Waals surface area contributed by atoms with Gasteiger partial charge in [0.1, 0.15) is 11.5 Å². The van der Waals surface area contributed by atoms with Crippen molar-refractivity contribution in [3.05, 3.63) is 58.3 Å². The molecule has 334 valence electrons. The van der Waals surface area contributed by atoms with E-state index in [-0.39, 0.29) is 23.9 Å². The van der Waals surface area contributed by atoms with Gasteiger partial charge in [0.25, 0.3) is 11.8 Å². The van der Waals surface area contributed by atoms with Gasteiger partial charge in [0.2, 0.25) is 0 Å². The van der Waals surface area contributed by atoms with Gasteiger partial charge in [0.05, 0.1) is 23.5 Å². The number of thiophene rings is 2. The van der Waals surface area contributed by atoms with Crippen LogP contribution in [0.1, 0.15) is 110 Å². The molecule has 2 N–H and O–H groups in total. The molecule has 2 aromatic heterocycles. The molecule has 0 bridgehead atoms. The summed E-state index contributed by atoms with van der Waals surface area (Å²) in [6.45, 7) is 19.1. The second-order valence-corrected chi connectivity index (χ2v) is 20.3. The van der Waals surface area contributed by atoms with Crippen molar-refractivity contribution in [1.82, 2.24) is 30.2 Å². The minimum absolute atomic E-state index is 0.0521. The first-order valence-electron chi connectivity index (χ1n) is 23.5. The Hall–Kier alpha value is -3.26. The zero-order valence-electron chi connectivity index (χ0n) is 37.3. The fourth-order valence-electron chi connectivity index (χ4n) is 9.25. The van der Waals surface area contributed by atoms with Gasteiger partial charge in [0.15, 0.2) is 0 Å². The lowest BCUT2D eigenvalue weighted by atomic mass is 10.0. The highest BCUT2D eigenvalue weighted by atomic mass is 32.1. The lowest BCUT2D eigenvalue weighted by Gasteiger charge is -2.33. The maximum atomic E-state index is 12.9. The number of methoxy groups -OCH3 is 1. The van der Waals surface area contributed by atoms with E-state index in [1.54, 1.807) is 29.8 Å². The molecule has 2 amide bonds. The number of nitrogens with one attached hydrogen (secondary N) is 2. The van der Waals surface area contributed by atoms with E-state index in [0.717, 1.165) is 106 Å². The molecular formula is C49H72N6O4S2. The zero-order valence-corrected chi connectivity index (χ0v) is 38.9. The third-order valence-electron chi connectivity index (χ3n) is 13.0. The van der Waals surface area contributed by atoms with Gasteiger partial charge in [-0.25, -0.2) is 0 Å². The number of ether oxygens (including phenoxy) is 2. The number of likely N-dealkylation sites (tertiary alicyclic amines) is 4. The van der Waals surface area contributed by atoms with Gasteiger partial charge in [-0.1, -0.05) is 51.7 Å². The van der Waals surface area contributed by atoms with Crippen LogP contribution in [0.3, 0.4) is 0 Å². The van der Waals surface area contributed by atoms with E-state index < -0.39 is 0 Å². The molecule has 2 aromatic carbocycles. The molecule has 0 atom stereocenters. The van der Waals surface area contributed by atoms with Crippen LogP contribution in [0.15, 0.2) is 48.5 Å². The Morgan fingerprint density at radius 2 is 0.984 bits per heavy atom. The Morgan fingerprint density at radius 1 is 0.590 bits per heavy atom. The highest BCUT2D eigenvalue weighted by molar-refractivity contribution is 7.21. The summed E-state index contributed by atoms with van der Waals surface area (Å²) in [5.41, 5.74) is 0. The minimum atomic E-state index is 0.0521. The van der Waals surface area contributed by atoms with Crippen molar-refractivity contribution >= 4 is 54.7 Å². The fourth-order valence-corrected chi connectivity index (χ4v) is 11.2. The van der Waals surface area contributed by atoms with Crippen molar-refractivity contribution in [1.29, 1.82) is 0 Å². The number of amides is 2. The first kappa shape index (κ1) is 45.8. The molecule has 4 aliphatic heterocycles. The Balaban J connectivity index is 0.000000185. The molecule has 0 saturated carbocycles. The van der Waals surface area contributed by atoms with Gasteiger partial charge in [-0.2, -0.15) is 0 Å². The second kappa shape index (κ2) is 23.4. The van der Waals surface area contributed by atoms with Gasteiger partial charge in [-0.3, -0.25) is 9.59 Å². The average molecular weight is 873 g/mol. The molecule has 4 aromatic rings. The van der Waals surface area contributed by atoms with Gasteiger partial charge >= 0.3 is 0 Å². The van der Waals surface area contributed by atoms with Crippen LogP contribution >= 0.6 is 22.7 Å². The van der Waals surface area contributed by atoms with Crippen molar-refractivity contribution in [2.24, 2.45) is 5.92 Å². The topological polar surface area (TPSA) is 89.6 Å². The largest absolute Gasteiger partial charge is 0.496 e. The number of carbonyl (C=O) groups excluding carboxylic acids is 2. The summed E-state index contributed by atoms with van der Waals surface area (Å²) < 4.78 is 13.6. The van der Waals surface area contributed by atoms with Crippen molar-refractivity contribution in [2.45, 2.75) is 103 Å². The number of fused-ring (bicyclic) bond motifs is 2. The molecule has 4 aliphatic rings. The quantitative estimate of drug-likeness (QED) is 0.130. The highest BCUT2D eigenvalue weighted by Crippen LogP contribution is 2.34. The lowest BCUT2D eigenvalue weighted by Crippen LogP contribution is -2.46. The Kier molecular flexibility index (Phi) is 17.6. The Bertz CT molecular complexity index is 1950. The van der Waals surface area contributed by atoms with Crippen LogP contribution in [-0.2, 0) is 0 Å². The van der Waals surface area contributed by atoms with E-state index >= 15 is 0 Å². The van der Waals surface area contributed by atoms with Crippen molar-refractivity contribution in [3.63, 3.8) is 0 Å². The van der Waals surface area contributed by atoms with Crippen molar-refractivity contribution in [3.8, 4) is 11.5 Å². The summed E-state index contributed by atoms with van der Waals surface area (Å²) in [6, 6.07) is 16.6. The summed E-state index contributed by atoms with van der Waals surface area (Å²) in [4.78, 5) is 37.7. The maximum Gasteiger partial charge on any atom is 0.261 e. The maximum absolute atomic E-state index is 12.9. The van der Waals surface area contributed by atoms with Gasteiger partial charge in [-0.05, 0) is 120 Å². The van der Waals surface area contributed by atoms with E-state index in [0.29, 0.717) is 12.5 Å². The third kappa shape index (κ3) is 13.6. The van der Waals surface area contributed by atoms with E-state index in [4.69, 9.17) is 9.47 Å². The van der Waals surface area contributed by atoms with Crippen LogP contribution in [0.5, 0.6) is 11.5 Å². The SMILES string of the molecule is CC(C)COc1cccc2sc(C(=O)NC3CCN(CCN4CCCCCC4)CC3)cc12.COc1cccc2sc(C(=O)NC3CCN(CCN4CCCCCC4)CC3)cc12. The number of rotatable bonds is 14. The highest BCUT2D eigenvalue weighted by Gasteiger charge is 2.25. The van der Waals surface area contributed by atoms with Gasteiger partial charge in [0, 0.05) is 84.6 Å². The summed E-state index contributed by atoms with van der Waals surface area (Å²) in [5, 5.41) is 8.62. The number of carbonyl (C=O) groups is 2. The molecule has 12 heteroatoms. The molecule has 8 rings (SSSR count). The molecule has 0 radical (unpaired) electrons. The predicted molar refractivity (Wildman–Crippen MR) is 254 cm³/mol. The normalized spacial score (nSPS) is 19.6. The number of hydrogen-bond acceptors (Lipinski definition) is 10. The van der Waals surface area contributed by atoms with Gasteiger partial charge < -0.3 is 39.7 Å². The lowest BCUT2D eigenvalue weighted by molar-refractivity contribution is 0.0902. The van der Waals surface area contributed by atoms with E-state index in [1.807, 2.05) is 42.5 Å². The summed E-state index contributed by atoms with van der Waals surface area (Å²) in [7, 11) is 1.67. The van der Waals surface area contributed by atoms with Crippen LogP contribution in [0.2, 0.25) is 0 Å².